The first kappa shape index (κ1) is 13.0. The zero-order valence-corrected chi connectivity index (χ0v) is 7.48. The van der Waals surface area contributed by atoms with Crippen LogP contribution in [0.4, 0.5) is 0 Å². The molecule has 0 aromatic carbocycles. The Kier molecular flexibility index (Phi) is 11.0. The first-order valence-corrected chi connectivity index (χ1v) is 3.46. The number of quaternary nitrogens is 1. The van der Waals surface area contributed by atoms with Crippen molar-refractivity contribution in [3.63, 3.8) is 0 Å². The highest BCUT2D eigenvalue weighted by Gasteiger charge is 1.86. The number of primary amides is 1. The summed E-state index contributed by atoms with van der Waals surface area (Å²) < 4.78 is 0. The Morgan fingerprint density at radius 3 is 1.91 bits per heavy atom. The number of hydrogen-bond donors (Lipinski definition) is 4. The monoisotopic (exact) mass is 163 g/mol. The molecular weight excluding hydrogens is 144 g/mol. The third kappa shape index (κ3) is 45.0. The van der Waals surface area contributed by atoms with Gasteiger partial charge in [-0.1, -0.05) is 0 Å². The summed E-state index contributed by atoms with van der Waals surface area (Å²) in [7, 11) is 6.25. The summed E-state index contributed by atoms with van der Waals surface area (Å²) in [6.45, 7) is 0.458. The zero-order chi connectivity index (χ0) is 9.28. The largest absolute Gasteiger partial charge is 0.369 e. The van der Waals surface area contributed by atoms with Crippen LogP contribution in [-0.4, -0.2) is 40.3 Å². The molecule has 5 heteroatoms. The Morgan fingerprint density at radius 2 is 1.82 bits per heavy atom. The van der Waals surface area contributed by atoms with Crippen molar-refractivity contribution in [2.24, 2.45) is 11.5 Å². The van der Waals surface area contributed by atoms with E-state index < -0.39 is 0 Å². The van der Waals surface area contributed by atoms with Crippen molar-refractivity contribution in [2.75, 3.05) is 34.4 Å². The number of nitrogens with two attached hydrogens (primary N) is 2. The molecule has 6 N–H and O–H groups in total. The third-order valence-electron chi connectivity index (χ3n) is 0.444. The van der Waals surface area contributed by atoms with E-state index in [9.17, 15) is 4.79 Å². The van der Waals surface area contributed by atoms with E-state index in [1.165, 1.54) is 4.90 Å². The van der Waals surface area contributed by atoms with Crippen molar-refractivity contribution in [1.29, 1.82) is 0 Å². The van der Waals surface area contributed by atoms with Crippen LogP contribution in [0.15, 0.2) is 0 Å². The molecule has 0 aliphatic heterocycles. The summed E-state index contributed by atoms with van der Waals surface area (Å²) in [5.41, 5.74) is 9.68. The van der Waals surface area contributed by atoms with Crippen molar-refractivity contribution in [2.45, 2.75) is 0 Å². The van der Waals surface area contributed by atoms with Gasteiger partial charge in [0.05, 0.1) is 27.7 Å². The van der Waals surface area contributed by atoms with E-state index in [0.29, 0.717) is 6.67 Å². The number of rotatable bonds is 3. The smallest absolute Gasteiger partial charge is 0.231 e. The van der Waals surface area contributed by atoms with Crippen LogP contribution in [0.5, 0.6) is 0 Å². The van der Waals surface area contributed by atoms with Crippen molar-refractivity contribution >= 4 is 5.91 Å². The fourth-order valence-electron chi connectivity index (χ4n) is 0.195. The van der Waals surface area contributed by atoms with E-state index in [2.05, 4.69) is 26.5 Å². The van der Waals surface area contributed by atoms with Gasteiger partial charge in [-0.25, -0.2) is 0 Å². The van der Waals surface area contributed by atoms with Gasteiger partial charge in [0.15, 0.2) is 0 Å². The fraction of sp³-hybridized carbons (Fsp3) is 0.833. The first-order chi connectivity index (χ1) is 5.00. The molecule has 0 unspecified atom stereocenters. The Balaban J connectivity index is 0. The summed E-state index contributed by atoms with van der Waals surface area (Å²) in [5.74, 6) is -0.384. The molecule has 0 aromatic heterocycles. The van der Waals surface area contributed by atoms with E-state index in [0.717, 1.165) is 0 Å². The summed E-state index contributed by atoms with van der Waals surface area (Å²) in [4.78, 5) is 11.3. The van der Waals surface area contributed by atoms with Crippen LogP contribution in [-0.2, 0) is 4.79 Å². The molecular formula is C6H19N4O+. The average Bonchev–Trinajstić information content (AvgIpc) is 1.82. The van der Waals surface area contributed by atoms with Gasteiger partial charge in [0.25, 0.3) is 0 Å². The summed E-state index contributed by atoms with van der Waals surface area (Å²) >= 11 is 0. The molecule has 0 heterocycles. The van der Waals surface area contributed by atoms with Gasteiger partial charge in [-0.3, -0.25) is 10.1 Å². The number of amides is 1. The molecule has 0 fully saturated rings. The first-order valence-electron chi connectivity index (χ1n) is 3.46. The molecule has 0 aliphatic carbocycles. The standard InChI is InChI=1S/C3H9N3O.C3H9N/c4-2-6-1-3(5)7;1-4(2)3/h6H,1-2,4H2,(H2,5,7);1-3H3/p+1. The van der Waals surface area contributed by atoms with Crippen LogP contribution in [0.3, 0.4) is 0 Å². The normalized spacial score (nSPS) is 8.82. The Bertz CT molecular complexity index is 91.8. The predicted octanol–water partition coefficient (Wildman–Crippen LogP) is -3.26. The van der Waals surface area contributed by atoms with E-state index in [1.54, 1.807) is 0 Å². The SMILES string of the molecule is C[NH+](C)C.NCNCC(N)=O. The van der Waals surface area contributed by atoms with Crippen LogP contribution in [0.25, 0.3) is 0 Å². The number of carbonyl (C=O) groups excluding carboxylic acids is 1. The minimum absolute atomic E-state index is 0.163. The maximum atomic E-state index is 9.86. The highest BCUT2D eigenvalue weighted by atomic mass is 16.1. The summed E-state index contributed by atoms with van der Waals surface area (Å²) in [6, 6.07) is 0. The highest BCUT2D eigenvalue weighted by Crippen LogP contribution is 1.48. The van der Waals surface area contributed by atoms with Gasteiger partial charge in [-0.05, 0) is 0 Å². The average molecular weight is 163 g/mol. The van der Waals surface area contributed by atoms with Gasteiger partial charge in [-0.15, -0.1) is 0 Å². The molecule has 0 rings (SSSR count). The van der Waals surface area contributed by atoms with Crippen LogP contribution in [0, 0.1) is 0 Å². The second kappa shape index (κ2) is 9.35. The Hall–Kier alpha value is -0.650. The lowest BCUT2D eigenvalue weighted by Crippen LogP contribution is -3.02. The number of nitrogens with one attached hydrogen (secondary N) is 2. The van der Waals surface area contributed by atoms with Gasteiger partial charge in [0.2, 0.25) is 5.91 Å². The van der Waals surface area contributed by atoms with Crippen LogP contribution >= 0.6 is 0 Å². The van der Waals surface area contributed by atoms with Gasteiger partial charge >= 0.3 is 0 Å². The second-order valence-electron chi connectivity index (χ2n) is 2.60. The molecule has 0 bridgehead atoms. The lowest BCUT2D eigenvalue weighted by molar-refractivity contribution is -0.836. The fourth-order valence-corrected chi connectivity index (χ4v) is 0.195. The Labute approximate surface area is 67.7 Å². The molecule has 68 valence electrons. The molecule has 0 spiro atoms. The molecule has 0 aromatic rings. The number of hydrogen-bond acceptors (Lipinski definition) is 3. The minimum atomic E-state index is -0.384. The molecule has 0 saturated heterocycles. The van der Waals surface area contributed by atoms with E-state index in [1.807, 2.05) is 0 Å². The molecule has 5 nitrogen and oxygen atoms in total. The lowest BCUT2D eigenvalue weighted by atomic mass is 10.6. The maximum absolute atomic E-state index is 9.86. The summed E-state index contributed by atoms with van der Waals surface area (Å²) in [5, 5.41) is 2.55. The van der Waals surface area contributed by atoms with Gasteiger partial charge in [0, 0.05) is 6.67 Å². The maximum Gasteiger partial charge on any atom is 0.231 e. The number of carbonyl (C=O) groups is 1. The lowest BCUT2D eigenvalue weighted by Gasteiger charge is -1.91. The minimum Gasteiger partial charge on any atom is -0.369 e. The van der Waals surface area contributed by atoms with Crippen LogP contribution in [0.1, 0.15) is 0 Å². The van der Waals surface area contributed by atoms with Crippen molar-refractivity contribution in [3.05, 3.63) is 0 Å². The van der Waals surface area contributed by atoms with Crippen molar-refractivity contribution < 1.29 is 9.69 Å². The quantitative estimate of drug-likeness (QED) is 0.329. The molecule has 0 aliphatic rings. The third-order valence-corrected chi connectivity index (χ3v) is 0.444. The molecule has 0 atom stereocenters. The molecule has 0 radical (unpaired) electrons. The van der Waals surface area contributed by atoms with E-state index >= 15 is 0 Å². The van der Waals surface area contributed by atoms with Crippen molar-refractivity contribution in [1.82, 2.24) is 5.32 Å². The highest BCUT2D eigenvalue weighted by molar-refractivity contribution is 5.75. The van der Waals surface area contributed by atoms with Gasteiger partial charge in [-0.2, -0.15) is 0 Å². The topological polar surface area (TPSA) is 85.6 Å². The van der Waals surface area contributed by atoms with Crippen LogP contribution in [0.2, 0.25) is 0 Å². The van der Waals surface area contributed by atoms with E-state index in [-0.39, 0.29) is 12.5 Å². The van der Waals surface area contributed by atoms with E-state index in [4.69, 9.17) is 11.5 Å². The molecule has 11 heavy (non-hydrogen) atoms. The predicted molar refractivity (Wildman–Crippen MR) is 45.0 cm³/mol. The second-order valence-corrected chi connectivity index (χ2v) is 2.60. The molecule has 0 saturated carbocycles. The summed E-state index contributed by atoms with van der Waals surface area (Å²) in [6.07, 6.45) is 0. The van der Waals surface area contributed by atoms with Crippen molar-refractivity contribution in [3.8, 4) is 0 Å². The molecule has 1 amide bonds. The van der Waals surface area contributed by atoms with Gasteiger partial charge in [0.1, 0.15) is 0 Å². The Morgan fingerprint density at radius 1 is 1.45 bits per heavy atom. The van der Waals surface area contributed by atoms with Crippen LogP contribution < -0.4 is 21.7 Å². The van der Waals surface area contributed by atoms with Gasteiger partial charge < -0.3 is 16.4 Å². The zero-order valence-electron chi connectivity index (χ0n) is 7.48.